The van der Waals surface area contributed by atoms with Crippen LogP contribution in [0, 0.1) is 3.57 Å². The number of amides is 7. The molecule has 506 valence electrons. The monoisotopic (exact) mass is 1390 g/mol. The number of carbonyl (C=O) groups is 13. The lowest BCUT2D eigenvalue weighted by atomic mass is 10.1. The van der Waals surface area contributed by atoms with Gasteiger partial charge in [0.2, 0.25) is 29.5 Å². The topological polar surface area (TPSA) is 461 Å². The minimum absolute atomic E-state index is 0.0110. The molecular weight excluding hydrogens is 1300 g/mol. The zero-order chi connectivity index (χ0) is 66.8. The van der Waals surface area contributed by atoms with Crippen molar-refractivity contribution in [2.24, 2.45) is 0 Å². The highest BCUT2D eigenvalue weighted by Crippen LogP contribution is 2.12. The van der Waals surface area contributed by atoms with E-state index in [0.29, 0.717) is 77.0 Å². The molecule has 1 fully saturated rings. The Balaban J connectivity index is 1.90. The zero-order valence-electron chi connectivity index (χ0n) is 51.0. The average Bonchev–Trinajstić information content (AvgIpc) is 2.83. The number of halogens is 1. The number of carbonyl (C=O) groups excluding carboxylic acids is 6. The number of nitrogens with one attached hydrogen (secondary N) is 7. The van der Waals surface area contributed by atoms with Gasteiger partial charge in [-0.2, -0.15) is 0 Å². The number of aryl methyl sites for hydroxylation is 1. The van der Waals surface area contributed by atoms with Crippen molar-refractivity contribution in [1.82, 2.24) is 56.8 Å². The van der Waals surface area contributed by atoms with Gasteiger partial charge in [-0.25, -0.2) is 19.2 Å². The minimum Gasteiger partial charge on any atom is -0.481 e. The Hall–Kier alpha value is -7.30. The summed E-state index contributed by atoms with van der Waals surface area (Å²) in [5, 5.41) is 84.4. The molecule has 90 heavy (non-hydrogen) atoms. The first-order valence-electron chi connectivity index (χ1n) is 30.5. The molecule has 4 atom stereocenters. The number of nitrogens with zero attached hydrogens (tertiary/aromatic N) is 4. The highest BCUT2D eigenvalue weighted by atomic mass is 127. The van der Waals surface area contributed by atoms with Crippen molar-refractivity contribution in [3.63, 3.8) is 0 Å². The van der Waals surface area contributed by atoms with E-state index in [9.17, 15) is 93.0 Å². The van der Waals surface area contributed by atoms with Gasteiger partial charge in [0.05, 0.1) is 26.2 Å². The van der Waals surface area contributed by atoms with Gasteiger partial charge >= 0.3 is 47.8 Å². The molecule has 31 nitrogen and oxygen atoms in total. The quantitative estimate of drug-likeness (QED) is 0.0311. The Kier molecular flexibility index (Phi) is 40.2. The molecule has 0 aromatic heterocycles. The van der Waals surface area contributed by atoms with Crippen molar-refractivity contribution in [2.45, 2.75) is 153 Å². The molecule has 1 aliphatic rings. The van der Waals surface area contributed by atoms with Crippen molar-refractivity contribution in [3.05, 3.63) is 33.4 Å². The van der Waals surface area contributed by atoms with Crippen molar-refractivity contribution in [1.29, 1.82) is 0 Å². The number of carboxylic acid groups (broad SMARTS) is 7. The molecule has 0 spiro atoms. The fourth-order valence-corrected chi connectivity index (χ4v) is 9.92. The van der Waals surface area contributed by atoms with Crippen molar-refractivity contribution >= 4 is 99.9 Å². The van der Waals surface area contributed by atoms with Gasteiger partial charge in [-0.1, -0.05) is 25.0 Å². The first-order valence-corrected chi connectivity index (χ1v) is 31.5. The van der Waals surface area contributed by atoms with E-state index in [1.54, 1.807) is 19.6 Å². The number of carboxylic acids is 7. The summed E-state index contributed by atoms with van der Waals surface area (Å²) in [7, 11) is 0. The third-order valence-electron chi connectivity index (χ3n) is 14.6. The van der Waals surface area contributed by atoms with Crippen LogP contribution < -0.4 is 37.2 Å². The van der Waals surface area contributed by atoms with E-state index < -0.39 is 96.6 Å². The largest absolute Gasteiger partial charge is 0.481 e. The average molecular weight is 1390 g/mol. The normalized spacial score (nSPS) is 15.0. The predicted octanol–water partition coefficient (Wildman–Crippen LogP) is 0.414. The summed E-state index contributed by atoms with van der Waals surface area (Å²) in [6.45, 7) is 0.592. The maximum absolute atomic E-state index is 13.9. The number of rotatable bonds is 45. The SMILES string of the molecule is O=C(O)CC[C@H](NC(=O)N[C@@H](CCCCNC(=O)CCCCCCC(=O)NCCCC[C@H](NC(=O)[C@@H](CCCCNC(=O)CCCc1ccc(I)cc1)NC(=O)CN1CCN(CC(=O)O)CCN(CC(=O)O)CCN(CC(=O)O)CC1)C(=O)O)C(=O)O)C(=O)O. The van der Waals surface area contributed by atoms with Crippen LogP contribution in [-0.4, -0.2) is 255 Å². The van der Waals surface area contributed by atoms with Gasteiger partial charge in [0, 0.05) is 101 Å². The van der Waals surface area contributed by atoms with Gasteiger partial charge in [0.15, 0.2) is 0 Å². The first-order chi connectivity index (χ1) is 42.8. The molecule has 1 aliphatic heterocycles. The molecule has 0 aliphatic carbocycles. The van der Waals surface area contributed by atoms with Crippen molar-refractivity contribution < 1.29 is 98.1 Å². The molecule has 1 heterocycles. The molecular formula is C58H92IN11O20. The number of hydrogen-bond donors (Lipinski definition) is 14. The van der Waals surface area contributed by atoms with E-state index >= 15 is 0 Å². The first kappa shape index (κ1) is 78.8. The summed E-state index contributed by atoms with van der Waals surface area (Å²) in [4.78, 5) is 166. The zero-order valence-corrected chi connectivity index (χ0v) is 53.1. The van der Waals surface area contributed by atoms with Crippen molar-refractivity contribution in [3.8, 4) is 0 Å². The second kappa shape index (κ2) is 45.9. The lowest BCUT2D eigenvalue weighted by molar-refractivity contribution is -0.143. The highest BCUT2D eigenvalue weighted by Gasteiger charge is 2.29. The van der Waals surface area contributed by atoms with E-state index in [1.165, 1.54) is 0 Å². The van der Waals surface area contributed by atoms with Gasteiger partial charge in [0.1, 0.15) is 24.2 Å². The fourth-order valence-electron chi connectivity index (χ4n) is 9.56. The summed E-state index contributed by atoms with van der Waals surface area (Å²) in [5.41, 5.74) is 1.11. The molecule has 2 rings (SSSR count). The summed E-state index contributed by atoms with van der Waals surface area (Å²) in [6.07, 6.45) is 5.74. The number of urea groups is 1. The Bertz CT molecular complexity index is 2450. The Morgan fingerprint density at radius 2 is 0.722 bits per heavy atom. The molecule has 1 aromatic carbocycles. The second-order valence-electron chi connectivity index (χ2n) is 22.1. The molecule has 7 amide bonds. The maximum Gasteiger partial charge on any atom is 0.326 e. The second-order valence-corrected chi connectivity index (χ2v) is 23.3. The molecule has 0 bridgehead atoms. The van der Waals surface area contributed by atoms with Crippen LogP contribution in [0.4, 0.5) is 4.79 Å². The summed E-state index contributed by atoms with van der Waals surface area (Å²) in [6, 6.07) is 1.47. The van der Waals surface area contributed by atoms with Crippen LogP contribution in [0.25, 0.3) is 0 Å². The van der Waals surface area contributed by atoms with Crippen LogP contribution >= 0.6 is 22.6 Å². The third kappa shape index (κ3) is 39.0. The van der Waals surface area contributed by atoms with Gasteiger partial charge in [-0.3, -0.25) is 62.8 Å². The van der Waals surface area contributed by atoms with Crippen LogP contribution in [0.3, 0.4) is 0 Å². The van der Waals surface area contributed by atoms with E-state index in [0.717, 1.165) is 15.6 Å². The molecule has 32 heteroatoms. The molecule has 1 aromatic rings. The van der Waals surface area contributed by atoms with E-state index in [-0.39, 0.29) is 148 Å². The molecule has 0 saturated carbocycles. The lowest BCUT2D eigenvalue weighted by Crippen LogP contribution is -2.54. The Labute approximate surface area is 536 Å². The minimum atomic E-state index is -1.53. The van der Waals surface area contributed by atoms with Crippen LogP contribution in [0.5, 0.6) is 0 Å². The van der Waals surface area contributed by atoms with Gasteiger partial charge in [-0.15, -0.1) is 0 Å². The van der Waals surface area contributed by atoms with Crippen molar-refractivity contribution in [2.75, 3.05) is 98.2 Å². The third-order valence-corrected chi connectivity index (χ3v) is 15.3. The predicted molar refractivity (Wildman–Crippen MR) is 332 cm³/mol. The molecule has 14 N–H and O–H groups in total. The molecule has 1 saturated heterocycles. The van der Waals surface area contributed by atoms with Crippen LogP contribution in [0.1, 0.15) is 128 Å². The summed E-state index contributed by atoms with van der Waals surface area (Å²) >= 11 is 2.22. The highest BCUT2D eigenvalue weighted by molar-refractivity contribution is 14.1. The summed E-state index contributed by atoms with van der Waals surface area (Å²) < 4.78 is 1.11. The van der Waals surface area contributed by atoms with Crippen LogP contribution in [0.15, 0.2) is 24.3 Å². The van der Waals surface area contributed by atoms with E-state index in [2.05, 4.69) is 59.8 Å². The standard InChI is InChI=1S/C58H92IN11O20/c59-41-21-19-40(20-22-41)12-11-18-48(73)62-25-8-5-13-42(63-49(74)36-67-28-30-68(37-51(77)78)32-34-70(39-53(81)82)35-33-69(31-29-67)38-52(79)80)54(83)64-43(55(84)85)14-6-9-26-60-46(71)16-3-1-2-4-17-47(72)61-27-10-7-15-44(56(86)87)65-58(90)66-45(57(88)89)23-24-50(75)76/h19-22,42-45H,1-18,23-39H2,(H,60,71)(H,61,72)(H,62,73)(H,63,74)(H,64,83)(H,75,76)(H,77,78)(H,79,80)(H,81,82)(H,84,85)(H,86,87)(H,88,89)(H2,65,66,90)/t42-,43+,44+,45+/m1/s1. The molecule has 0 unspecified atom stereocenters. The fraction of sp³-hybridized carbons (Fsp3) is 0.672. The number of aliphatic carboxylic acids is 7. The number of hydrogen-bond acceptors (Lipinski definition) is 17. The van der Waals surface area contributed by atoms with Gasteiger partial charge < -0.3 is 73.0 Å². The van der Waals surface area contributed by atoms with Gasteiger partial charge in [0.25, 0.3) is 0 Å². The lowest BCUT2D eigenvalue weighted by Gasteiger charge is -2.33. The van der Waals surface area contributed by atoms with Crippen LogP contribution in [0.2, 0.25) is 0 Å². The Morgan fingerprint density at radius 3 is 1.10 bits per heavy atom. The number of unbranched alkanes of at least 4 members (excludes halogenated alkanes) is 6. The Morgan fingerprint density at radius 1 is 0.367 bits per heavy atom. The smallest absolute Gasteiger partial charge is 0.326 e. The van der Waals surface area contributed by atoms with E-state index in [4.69, 9.17) is 5.11 Å². The summed E-state index contributed by atoms with van der Waals surface area (Å²) in [5.74, 6) is -10.7. The van der Waals surface area contributed by atoms with Crippen LogP contribution in [-0.2, 0) is 64.0 Å². The van der Waals surface area contributed by atoms with Gasteiger partial charge in [-0.05, 0) is 130 Å². The molecule has 0 radical (unpaired) electrons. The number of benzene rings is 1. The van der Waals surface area contributed by atoms with E-state index in [1.807, 2.05) is 24.3 Å². The maximum atomic E-state index is 13.9.